The van der Waals surface area contributed by atoms with E-state index >= 15 is 0 Å². The molecule has 0 fully saturated rings. The minimum absolute atomic E-state index is 0.106. The third-order valence-electron chi connectivity index (χ3n) is 5.75. The van der Waals surface area contributed by atoms with E-state index < -0.39 is 24.3 Å². The summed E-state index contributed by atoms with van der Waals surface area (Å²) >= 11 is 0. The fraction of sp³-hybridized carbons (Fsp3) is 0.391. The maximum absolute atomic E-state index is 13.2. The van der Waals surface area contributed by atoms with Crippen molar-refractivity contribution in [3.05, 3.63) is 63.5 Å². The summed E-state index contributed by atoms with van der Waals surface area (Å²) in [5, 5.41) is 20.4. The van der Waals surface area contributed by atoms with Gasteiger partial charge in [-0.05, 0) is 38.1 Å². The molecule has 3 aromatic rings. The fourth-order valence-corrected chi connectivity index (χ4v) is 5.94. The predicted molar refractivity (Wildman–Crippen MR) is 130 cm³/mol. The first kappa shape index (κ1) is 25.6. The number of hydrogen-bond acceptors (Lipinski definition) is 9. The second-order valence-corrected chi connectivity index (χ2v) is 10.4. The Morgan fingerprint density at radius 2 is 1.78 bits per heavy atom. The molecule has 36 heavy (non-hydrogen) atoms. The van der Waals surface area contributed by atoms with Crippen molar-refractivity contribution >= 4 is 35.9 Å². The standard InChI is InChI=1S/C23H26N5O7P/c1-3-34-36(33,35-4-2)11-6-5-10-26-14-17(24-25-26)15-27-22(29)19-9-7-8-16-12-18(28(31)32)13-20(21(16)19)23(27)30/h7-9,12-14H,3-6,10-11,15H2,1-2H3. The van der Waals surface area contributed by atoms with Crippen molar-refractivity contribution in [2.75, 3.05) is 19.4 Å². The van der Waals surface area contributed by atoms with E-state index in [1.54, 1.807) is 42.9 Å². The molecule has 4 rings (SSSR count). The summed E-state index contributed by atoms with van der Waals surface area (Å²) in [7, 11) is -3.10. The molecule has 1 aromatic heterocycles. The zero-order valence-electron chi connectivity index (χ0n) is 20.0. The summed E-state index contributed by atoms with van der Waals surface area (Å²) in [6.45, 7) is 4.51. The zero-order chi connectivity index (χ0) is 25.9. The molecule has 13 heteroatoms. The summed E-state index contributed by atoms with van der Waals surface area (Å²) in [5.41, 5.74) is 0.584. The largest absolute Gasteiger partial charge is 0.330 e. The molecule has 0 radical (unpaired) electrons. The second-order valence-electron chi connectivity index (χ2n) is 8.20. The summed E-state index contributed by atoms with van der Waals surface area (Å²) < 4.78 is 24.7. The van der Waals surface area contributed by atoms with Gasteiger partial charge in [-0.25, -0.2) is 0 Å². The molecule has 2 heterocycles. The lowest BCUT2D eigenvalue weighted by atomic mass is 9.93. The molecule has 0 N–H and O–H groups in total. The van der Waals surface area contributed by atoms with Gasteiger partial charge >= 0.3 is 7.60 Å². The number of hydrogen-bond donors (Lipinski definition) is 0. The maximum atomic E-state index is 13.2. The minimum Gasteiger partial charge on any atom is -0.309 e. The molecule has 0 atom stereocenters. The SMILES string of the molecule is CCOP(=O)(CCCCn1cc(CN2C(=O)c3cccc4cc([N+](=O)[O-])cc(c34)C2=O)nn1)OCC. The van der Waals surface area contributed by atoms with Gasteiger partial charge in [0.15, 0.2) is 0 Å². The van der Waals surface area contributed by atoms with Crippen LogP contribution in [0.4, 0.5) is 5.69 Å². The lowest BCUT2D eigenvalue weighted by Gasteiger charge is -2.26. The monoisotopic (exact) mass is 515 g/mol. The van der Waals surface area contributed by atoms with Crippen LogP contribution in [-0.4, -0.2) is 56.0 Å². The molecule has 0 spiro atoms. The number of non-ortho nitro benzene ring substituents is 1. The van der Waals surface area contributed by atoms with Gasteiger partial charge in [0, 0.05) is 29.6 Å². The van der Waals surface area contributed by atoms with Crippen LogP contribution in [0.3, 0.4) is 0 Å². The predicted octanol–water partition coefficient (Wildman–Crippen LogP) is 4.18. The number of rotatable bonds is 12. The number of carbonyl (C=O) groups excluding carboxylic acids is 2. The molecule has 0 saturated heterocycles. The summed E-state index contributed by atoms with van der Waals surface area (Å²) in [6, 6.07) is 7.42. The third-order valence-corrected chi connectivity index (χ3v) is 7.92. The van der Waals surface area contributed by atoms with Crippen molar-refractivity contribution in [1.82, 2.24) is 19.9 Å². The highest BCUT2D eigenvalue weighted by atomic mass is 31.2. The Morgan fingerprint density at radius 3 is 2.47 bits per heavy atom. The van der Waals surface area contributed by atoms with Crippen LogP contribution in [0.25, 0.3) is 10.8 Å². The Balaban J connectivity index is 1.45. The first-order valence-electron chi connectivity index (χ1n) is 11.6. The average Bonchev–Trinajstić information content (AvgIpc) is 3.30. The molecule has 0 unspecified atom stereocenters. The number of imide groups is 1. The lowest BCUT2D eigenvalue weighted by Crippen LogP contribution is -2.39. The number of carbonyl (C=O) groups is 2. The van der Waals surface area contributed by atoms with E-state index in [4.69, 9.17) is 9.05 Å². The van der Waals surface area contributed by atoms with E-state index in [0.29, 0.717) is 60.8 Å². The van der Waals surface area contributed by atoms with Gasteiger partial charge in [0.05, 0.1) is 42.6 Å². The van der Waals surface area contributed by atoms with Crippen molar-refractivity contribution in [2.45, 2.75) is 39.8 Å². The summed E-state index contributed by atoms with van der Waals surface area (Å²) in [5.74, 6) is -1.12. The van der Waals surface area contributed by atoms with Crippen LogP contribution in [0.2, 0.25) is 0 Å². The minimum atomic E-state index is -3.10. The van der Waals surface area contributed by atoms with Gasteiger partial charge in [-0.15, -0.1) is 5.10 Å². The first-order valence-corrected chi connectivity index (χ1v) is 13.3. The Hall–Kier alpha value is -3.47. The molecule has 1 aliphatic rings. The van der Waals surface area contributed by atoms with E-state index in [0.717, 1.165) is 4.90 Å². The van der Waals surface area contributed by atoms with Gasteiger partial charge in [-0.2, -0.15) is 0 Å². The number of benzene rings is 2. The van der Waals surface area contributed by atoms with Gasteiger partial charge in [0.2, 0.25) is 0 Å². The zero-order valence-corrected chi connectivity index (χ0v) is 20.8. The quantitative estimate of drug-likeness (QED) is 0.114. The van der Waals surface area contributed by atoms with Crippen LogP contribution in [0.15, 0.2) is 36.5 Å². The van der Waals surface area contributed by atoms with Crippen molar-refractivity contribution in [3.63, 3.8) is 0 Å². The van der Waals surface area contributed by atoms with Crippen LogP contribution >= 0.6 is 7.60 Å². The molecule has 2 aromatic carbocycles. The highest BCUT2D eigenvalue weighted by molar-refractivity contribution is 7.53. The molecule has 0 saturated carbocycles. The molecular weight excluding hydrogens is 489 g/mol. The van der Waals surface area contributed by atoms with Gasteiger partial charge in [-0.3, -0.25) is 33.9 Å². The van der Waals surface area contributed by atoms with E-state index in [9.17, 15) is 24.3 Å². The van der Waals surface area contributed by atoms with Crippen molar-refractivity contribution < 1.29 is 28.1 Å². The number of aryl methyl sites for hydroxylation is 1. The number of nitro benzene ring substituents is 1. The molecule has 0 aliphatic carbocycles. The van der Waals surface area contributed by atoms with Crippen LogP contribution < -0.4 is 0 Å². The topological polar surface area (TPSA) is 147 Å². The highest BCUT2D eigenvalue weighted by Crippen LogP contribution is 2.48. The van der Waals surface area contributed by atoms with Crippen LogP contribution in [0.1, 0.15) is 53.1 Å². The van der Waals surface area contributed by atoms with E-state index in [2.05, 4.69) is 10.3 Å². The number of nitro groups is 1. The van der Waals surface area contributed by atoms with Crippen LogP contribution in [-0.2, 0) is 26.7 Å². The van der Waals surface area contributed by atoms with Crippen LogP contribution in [0.5, 0.6) is 0 Å². The number of amides is 2. The normalized spacial score (nSPS) is 13.6. The number of nitrogens with zero attached hydrogens (tertiary/aromatic N) is 5. The molecule has 0 bridgehead atoms. The maximum Gasteiger partial charge on any atom is 0.330 e. The van der Waals surface area contributed by atoms with Crippen molar-refractivity contribution in [1.29, 1.82) is 0 Å². The summed E-state index contributed by atoms with van der Waals surface area (Å²) in [4.78, 5) is 38.1. The van der Waals surface area contributed by atoms with Gasteiger partial charge < -0.3 is 9.05 Å². The van der Waals surface area contributed by atoms with E-state index in [1.807, 2.05) is 0 Å². The second kappa shape index (κ2) is 10.7. The molecule has 2 amide bonds. The van der Waals surface area contributed by atoms with Crippen molar-refractivity contribution in [2.24, 2.45) is 0 Å². The molecule has 12 nitrogen and oxygen atoms in total. The van der Waals surface area contributed by atoms with Gasteiger partial charge in [0.25, 0.3) is 17.5 Å². The molecular formula is C23H26N5O7P. The van der Waals surface area contributed by atoms with Crippen LogP contribution in [0, 0.1) is 10.1 Å². The first-order chi connectivity index (χ1) is 17.3. The lowest BCUT2D eigenvalue weighted by molar-refractivity contribution is -0.384. The van der Waals surface area contributed by atoms with Crippen molar-refractivity contribution in [3.8, 4) is 0 Å². The average molecular weight is 515 g/mol. The molecule has 1 aliphatic heterocycles. The highest BCUT2D eigenvalue weighted by Gasteiger charge is 2.34. The van der Waals surface area contributed by atoms with E-state index in [-0.39, 0.29) is 17.8 Å². The molecule has 190 valence electrons. The van der Waals surface area contributed by atoms with Gasteiger partial charge in [0.1, 0.15) is 5.69 Å². The Labute approximate surface area is 206 Å². The number of unbranched alkanes of at least 4 members (excludes halogenated alkanes) is 1. The number of aromatic nitrogens is 3. The Kier molecular flexibility index (Phi) is 7.58. The Bertz CT molecular complexity index is 1360. The smallest absolute Gasteiger partial charge is 0.309 e. The Morgan fingerprint density at radius 1 is 1.06 bits per heavy atom. The van der Waals surface area contributed by atoms with Gasteiger partial charge in [-0.1, -0.05) is 17.3 Å². The third kappa shape index (κ3) is 5.20. The fourth-order valence-electron chi connectivity index (χ4n) is 4.21. The van der Waals surface area contributed by atoms with E-state index in [1.165, 1.54) is 12.1 Å². The summed E-state index contributed by atoms with van der Waals surface area (Å²) in [6.07, 6.45) is 3.17.